The van der Waals surface area contributed by atoms with Gasteiger partial charge in [-0.3, -0.25) is 4.31 Å². The van der Waals surface area contributed by atoms with Crippen LogP contribution in [0, 0.1) is 5.82 Å². The molecule has 0 saturated heterocycles. The van der Waals surface area contributed by atoms with Crippen LogP contribution in [-0.2, 0) is 10.0 Å². The lowest BCUT2D eigenvalue weighted by Crippen LogP contribution is -2.33. The van der Waals surface area contributed by atoms with E-state index in [4.69, 9.17) is 4.74 Å². The van der Waals surface area contributed by atoms with E-state index in [9.17, 15) is 22.7 Å². The molecule has 0 aromatic heterocycles. The zero-order chi connectivity index (χ0) is 27.8. The molecule has 4 aromatic rings. The average Bonchev–Trinajstić information content (AvgIpc) is 2.94. The number of nitrogens with zero attached hydrogens (tertiary/aromatic N) is 1. The lowest BCUT2D eigenvalue weighted by Gasteiger charge is -2.26. The van der Waals surface area contributed by atoms with Crippen LogP contribution in [0.2, 0.25) is 0 Å². The highest BCUT2D eigenvalue weighted by atomic mass is 32.2. The first-order chi connectivity index (χ1) is 18.8. The minimum atomic E-state index is -4.11. The van der Waals surface area contributed by atoms with Gasteiger partial charge >= 0.3 is 6.03 Å². The zero-order valence-corrected chi connectivity index (χ0v) is 22.0. The molecule has 202 valence electrons. The number of para-hydroxylation sites is 1. The van der Waals surface area contributed by atoms with E-state index < -0.39 is 16.1 Å². The molecule has 0 heterocycles. The minimum absolute atomic E-state index is 0.0166. The van der Waals surface area contributed by atoms with Crippen molar-refractivity contribution >= 4 is 33.1 Å². The number of amides is 2. The zero-order valence-electron chi connectivity index (χ0n) is 21.2. The Kier molecular flexibility index (Phi) is 8.80. The Morgan fingerprint density at radius 1 is 0.872 bits per heavy atom. The van der Waals surface area contributed by atoms with Crippen LogP contribution >= 0.6 is 0 Å². The van der Waals surface area contributed by atoms with Crippen LogP contribution in [0.15, 0.2) is 102 Å². The topological polar surface area (TPSA) is 108 Å². The summed E-state index contributed by atoms with van der Waals surface area (Å²) in [7, 11) is -2.70. The summed E-state index contributed by atoms with van der Waals surface area (Å²) < 4.78 is 47.8. The van der Waals surface area contributed by atoms with E-state index in [1.54, 1.807) is 54.6 Å². The molecule has 0 aliphatic heterocycles. The monoisotopic (exact) mass is 549 g/mol. The van der Waals surface area contributed by atoms with E-state index in [-0.39, 0.29) is 41.7 Å². The number of nitrogens with one attached hydrogen (secondary N) is 2. The number of methoxy groups -OCH3 is 1. The van der Waals surface area contributed by atoms with Gasteiger partial charge in [0, 0.05) is 30.6 Å². The van der Waals surface area contributed by atoms with Gasteiger partial charge in [-0.15, -0.1) is 0 Å². The lowest BCUT2D eigenvalue weighted by molar-refractivity contribution is 0.262. The van der Waals surface area contributed by atoms with Crippen molar-refractivity contribution in [2.45, 2.75) is 11.3 Å². The summed E-state index contributed by atoms with van der Waals surface area (Å²) in [6, 6.07) is 25.2. The number of aliphatic hydroxyl groups excluding tert-OH is 1. The number of anilines is 3. The standard InChI is InChI=1S/C29H28FN3O5S/c1-38-28-20-25(32-29(35)31-24-8-3-2-4-9-24)15-16-27(28)33(17-6-18-34)39(36,37)26-10-5-7-22(19-26)21-11-13-23(30)14-12-21/h2-5,7-16,19-20,34H,6,17-18H2,1H3,(H2,31,32,35). The molecule has 0 atom stereocenters. The van der Waals surface area contributed by atoms with Crippen LogP contribution in [-0.4, -0.2) is 39.8 Å². The normalized spacial score (nSPS) is 11.1. The van der Waals surface area contributed by atoms with Crippen molar-refractivity contribution in [2.24, 2.45) is 0 Å². The molecule has 3 N–H and O–H groups in total. The second kappa shape index (κ2) is 12.4. The third-order valence-corrected chi connectivity index (χ3v) is 7.67. The van der Waals surface area contributed by atoms with Gasteiger partial charge in [0.25, 0.3) is 10.0 Å². The Morgan fingerprint density at radius 2 is 1.59 bits per heavy atom. The molecule has 4 aromatic carbocycles. The van der Waals surface area contributed by atoms with E-state index in [2.05, 4.69) is 10.6 Å². The summed E-state index contributed by atoms with van der Waals surface area (Å²) in [6.07, 6.45) is 0.180. The van der Waals surface area contributed by atoms with Crippen LogP contribution in [0.25, 0.3) is 11.1 Å². The molecule has 0 unspecified atom stereocenters. The Hall–Kier alpha value is -4.41. The highest BCUT2D eigenvalue weighted by Crippen LogP contribution is 2.36. The van der Waals surface area contributed by atoms with E-state index in [1.165, 1.54) is 47.8 Å². The number of ether oxygens (including phenoxy) is 1. The summed E-state index contributed by atoms with van der Waals surface area (Å²) in [5.74, 6) is -0.177. The largest absolute Gasteiger partial charge is 0.494 e. The highest BCUT2D eigenvalue weighted by Gasteiger charge is 2.28. The maximum atomic E-state index is 13.9. The van der Waals surface area contributed by atoms with Crippen molar-refractivity contribution in [1.29, 1.82) is 0 Å². The fourth-order valence-corrected chi connectivity index (χ4v) is 5.53. The fraction of sp³-hybridized carbons (Fsp3) is 0.138. The number of benzene rings is 4. The average molecular weight is 550 g/mol. The van der Waals surface area contributed by atoms with E-state index in [0.29, 0.717) is 22.5 Å². The van der Waals surface area contributed by atoms with Crippen molar-refractivity contribution in [3.63, 3.8) is 0 Å². The number of sulfonamides is 1. The summed E-state index contributed by atoms with van der Waals surface area (Å²) >= 11 is 0. The van der Waals surface area contributed by atoms with Crippen LogP contribution in [0.1, 0.15) is 6.42 Å². The molecule has 0 bridgehead atoms. The van der Waals surface area contributed by atoms with Crippen LogP contribution in [0.5, 0.6) is 5.75 Å². The first-order valence-electron chi connectivity index (χ1n) is 12.1. The molecule has 2 amide bonds. The van der Waals surface area contributed by atoms with Gasteiger partial charge in [-0.2, -0.15) is 0 Å². The molecule has 0 aliphatic rings. The second-order valence-electron chi connectivity index (χ2n) is 8.52. The molecule has 4 rings (SSSR count). The summed E-state index contributed by atoms with van der Waals surface area (Å²) in [5.41, 5.74) is 2.52. The molecule has 39 heavy (non-hydrogen) atoms. The third-order valence-electron chi connectivity index (χ3n) is 5.86. The number of aliphatic hydroxyl groups is 1. The maximum Gasteiger partial charge on any atom is 0.323 e. The summed E-state index contributed by atoms with van der Waals surface area (Å²) in [5, 5.41) is 14.9. The van der Waals surface area contributed by atoms with Gasteiger partial charge in [0.15, 0.2) is 0 Å². The first kappa shape index (κ1) is 27.6. The van der Waals surface area contributed by atoms with Gasteiger partial charge in [0.1, 0.15) is 11.6 Å². The van der Waals surface area contributed by atoms with Gasteiger partial charge < -0.3 is 20.5 Å². The van der Waals surface area contributed by atoms with Gasteiger partial charge in [-0.1, -0.05) is 42.5 Å². The number of urea groups is 1. The van der Waals surface area contributed by atoms with Crippen LogP contribution in [0.3, 0.4) is 0 Å². The van der Waals surface area contributed by atoms with Gasteiger partial charge in [0.05, 0.1) is 17.7 Å². The number of hydrogen-bond acceptors (Lipinski definition) is 5. The van der Waals surface area contributed by atoms with Crippen molar-refractivity contribution in [2.75, 3.05) is 35.2 Å². The van der Waals surface area contributed by atoms with Crippen molar-refractivity contribution < 1.29 is 27.4 Å². The number of rotatable bonds is 10. The predicted octanol–water partition coefficient (Wildman–Crippen LogP) is 5.72. The first-order valence-corrected chi connectivity index (χ1v) is 13.6. The van der Waals surface area contributed by atoms with Crippen molar-refractivity contribution in [1.82, 2.24) is 0 Å². The Balaban J connectivity index is 1.64. The molecule has 10 heteroatoms. The highest BCUT2D eigenvalue weighted by molar-refractivity contribution is 7.92. The lowest BCUT2D eigenvalue weighted by atomic mass is 10.1. The quantitative estimate of drug-likeness (QED) is 0.234. The molecular weight excluding hydrogens is 521 g/mol. The summed E-state index contributed by atoms with van der Waals surface area (Å²) in [6.45, 7) is -0.236. The Morgan fingerprint density at radius 3 is 2.28 bits per heavy atom. The van der Waals surface area contributed by atoms with Gasteiger partial charge in [-0.05, 0) is 66.1 Å². The molecule has 0 spiro atoms. The minimum Gasteiger partial charge on any atom is -0.494 e. The Labute approximate surface area is 226 Å². The fourth-order valence-electron chi connectivity index (χ4n) is 3.97. The second-order valence-corrected chi connectivity index (χ2v) is 10.4. The van der Waals surface area contributed by atoms with Crippen molar-refractivity contribution in [3.05, 3.63) is 103 Å². The van der Waals surface area contributed by atoms with E-state index in [1.807, 2.05) is 6.07 Å². The van der Waals surface area contributed by atoms with Gasteiger partial charge in [0.2, 0.25) is 0 Å². The molecule has 8 nitrogen and oxygen atoms in total. The third kappa shape index (κ3) is 6.73. The number of carbonyl (C=O) groups is 1. The number of halogens is 1. The van der Waals surface area contributed by atoms with Crippen molar-refractivity contribution in [3.8, 4) is 16.9 Å². The van der Waals surface area contributed by atoms with Crippen LogP contribution < -0.4 is 19.7 Å². The Bertz CT molecular complexity index is 1530. The molecule has 0 aliphatic carbocycles. The number of hydrogen-bond donors (Lipinski definition) is 3. The number of carbonyl (C=O) groups excluding carboxylic acids is 1. The smallest absolute Gasteiger partial charge is 0.323 e. The summed E-state index contributed by atoms with van der Waals surface area (Å²) in [4.78, 5) is 12.5. The molecule has 0 radical (unpaired) electrons. The molecule has 0 saturated carbocycles. The molecular formula is C29H28FN3O5S. The van der Waals surface area contributed by atoms with E-state index >= 15 is 0 Å². The van der Waals surface area contributed by atoms with Gasteiger partial charge in [-0.25, -0.2) is 17.6 Å². The van der Waals surface area contributed by atoms with E-state index in [0.717, 1.165) is 0 Å². The molecule has 0 fully saturated rings. The maximum absolute atomic E-state index is 13.9. The van der Waals surface area contributed by atoms with Crippen LogP contribution in [0.4, 0.5) is 26.2 Å². The SMILES string of the molecule is COc1cc(NC(=O)Nc2ccccc2)ccc1N(CCCO)S(=O)(=O)c1cccc(-c2ccc(F)cc2)c1. The predicted molar refractivity (Wildman–Crippen MR) is 150 cm³/mol.